The molecule has 2 rings (SSSR count). The quantitative estimate of drug-likeness (QED) is 0.756. The molecule has 0 radical (unpaired) electrons. The maximum atomic E-state index is 10.9. The molecule has 1 N–H and O–H groups in total. The van der Waals surface area contributed by atoms with E-state index >= 15 is 0 Å². The molecule has 0 fully saturated rings. The van der Waals surface area contributed by atoms with Crippen molar-refractivity contribution in [2.45, 2.75) is 18.8 Å². The van der Waals surface area contributed by atoms with Crippen LogP contribution in [0.4, 0.5) is 0 Å². The summed E-state index contributed by atoms with van der Waals surface area (Å²) in [4.78, 5) is 14.8. The molecule has 0 saturated carbocycles. The first-order valence-electron chi connectivity index (χ1n) is 4.17. The van der Waals surface area contributed by atoms with E-state index in [9.17, 15) is 4.79 Å². The minimum atomic E-state index is -0.831. The van der Waals surface area contributed by atoms with Gasteiger partial charge in [0, 0.05) is 0 Å². The summed E-state index contributed by atoms with van der Waals surface area (Å²) < 4.78 is 0. The van der Waals surface area contributed by atoms with E-state index in [1.807, 2.05) is 0 Å². The predicted molar refractivity (Wildman–Crippen MR) is 53.0 cm³/mol. The van der Waals surface area contributed by atoms with Crippen molar-refractivity contribution in [3.8, 4) is 0 Å². The lowest BCUT2D eigenvalue weighted by Gasteiger charge is -2.06. The summed E-state index contributed by atoms with van der Waals surface area (Å²) >= 11 is 11.6. The number of carboxylic acid groups (broad SMARTS) is 1. The zero-order valence-corrected chi connectivity index (χ0v) is 8.64. The number of carbonyl (C=O) groups is 1. The highest BCUT2D eigenvalue weighted by Gasteiger charge is 2.30. The monoisotopic (exact) mass is 231 g/mol. The van der Waals surface area contributed by atoms with E-state index in [-0.39, 0.29) is 5.15 Å². The van der Waals surface area contributed by atoms with Crippen molar-refractivity contribution in [3.63, 3.8) is 0 Å². The number of hydrogen-bond acceptors (Lipinski definition) is 2. The summed E-state index contributed by atoms with van der Waals surface area (Å²) in [5.74, 6) is -1.31. The normalized spacial score (nSPS) is 19.4. The van der Waals surface area contributed by atoms with Crippen molar-refractivity contribution < 1.29 is 9.90 Å². The smallest absolute Gasteiger partial charge is 0.310 e. The van der Waals surface area contributed by atoms with Gasteiger partial charge in [-0.2, -0.15) is 0 Å². The van der Waals surface area contributed by atoms with E-state index in [0.29, 0.717) is 23.6 Å². The summed E-state index contributed by atoms with van der Waals surface area (Å²) in [5, 5.41) is 9.52. The maximum Gasteiger partial charge on any atom is 0.310 e. The molecule has 0 aromatic carbocycles. The molecule has 74 valence electrons. The van der Waals surface area contributed by atoms with Gasteiger partial charge < -0.3 is 5.11 Å². The third kappa shape index (κ3) is 1.47. The number of halogens is 2. The van der Waals surface area contributed by atoms with Crippen molar-refractivity contribution in [2.24, 2.45) is 0 Å². The maximum absolute atomic E-state index is 10.9. The second-order valence-electron chi connectivity index (χ2n) is 3.23. The Morgan fingerprint density at radius 3 is 2.93 bits per heavy atom. The molecule has 3 nitrogen and oxygen atoms in total. The van der Waals surface area contributed by atoms with E-state index in [1.165, 1.54) is 0 Å². The fourth-order valence-electron chi connectivity index (χ4n) is 1.79. The Hall–Kier alpha value is -0.800. The molecule has 0 spiro atoms. The molecule has 1 atom stereocenters. The molecule has 1 aliphatic carbocycles. The van der Waals surface area contributed by atoms with Crippen LogP contribution >= 0.6 is 23.2 Å². The van der Waals surface area contributed by atoms with Crippen molar-refractivity contribution >= 4 is 29.2 Å². The van der Waals surface area contributed by atoms with Gasteiger partial charge in [0.25, 0.3) is 0 Å². The van der Waals surface area contributed by atoms with Crippen molar-refractivity contribution in [2.75, 3.05) is 0 Å². The molecular weight excluding hydrogens is 225 g/mol. The van der Waals surface area contributed by atoms with Crippen LogP contribution in [0.3, 0.4) is 0 Å². The van der Waals surface area contributed by atoms with Crippen LogP contribution in [0, 0.1) is 0 Å². The van der Waals surface area contributed by atoms with Crippen molar-refractivity contribution in [3.05, 3.63) is 27.5 Å². The van der Waals surface area contributed by atoms with Crippen LogP contribution in [-0.2, 0) is 11.2 Å². The fraction of sp³-hybridized carbons (Fsp3) is 0.333. The number of carboxylic acids is 1. The predicted octanol–water partition coefficient (Wildman–Crippen LogP) is 2.50. The third-order valence-electron chi connectivity index (χ3n) is 2.43. The molecule has 0 saturated heterocycles. The van der Waals surface area contributed by atoms with Crippen LogP contribution in [0.5, 0.6) is 0 Å². The van der Waals surface area contributed by atoms with Crippen LogP contribution in [0.25, 0.3) is 0 Å². The number of rotatable bonds is 1. The highest BCUT2D eigenvalue weighted by atomic mass is 35.5. The lowest BCUT2D eigenvalue weighted by Crippen LogP contribution is -2.07. The van der Waals surface area contributed by atoms with Gasteiger partial charge in [0.1, 0.15) is 10.3 Å². The second kappa shape index (κ2) is 3.41. The minimum absolute atomic E-state index is 0.252. The summed E-state index contributed by atoms with van der Waals surface area (Å²) in [6.07, 6.45) is 1.24. The number of hydrogen-bond donors (Lipinski definition) is 1. The Bertz CT molecular complexity index is 406. The average molecular weight is 232 g/mol. The van der Waals surface area contributed by atoms with Gasteiger partial charge in [-0.25, -0.2) is 4.98 Å². The van der Waals surface area contributed by atoms with Crippen LogP contribution < -0.4 is 0 Å². The van der Waals surface area contributed by atoms with Crippen LogP contribution in [0.1, 0.15) is 23.5 Å². The lowest BCUT2D eigenvalue weighted by molar-refractivity contribution is -0.138. The summed E-state index contributed by atoms with van der Waals surface area (Å²) in [6.45, 7) is 0. The summed E-state index contributed by atoms with van der Waals surface area (Å²) in [6, 6.07) is 1.59. The average Bonchev–Trinajstić information content (AvgIpc) is 2.47. The van der Waals surface area contributed by atoms with E-state index in [2.05, 4.69) is 4.98 Å². The Morgan fingerprint density at radius 2 is 2.29 bits per heavy atom. The van der Waals surface area contributed by atoms with Gasteiger partial charge in [-0.15, -0.1) is 0 Å². The first-order valence-corrected chi connectivity index (χ1v) is 4.93. The lowest BCUT2D eigenvalue weighted by atomic mass is 10.0. The van der Waals surface area contributed by atoms with Gasteiger partial charge >= 0.3 is 5.97 Å². The number of fused-ring (bicyclic) bond motifs is 1. The van der Waals surface area contributed by atoms with E-state index in [0.717, 1.165) is 5.56 Å². The SMILES string of the molecule is O=C(O)C1CCc2c1cc(Cl)nc2Cl. The molecule has 5 heteroatoms. The van der Waals surface area contributed by atoms with Gasteiger partial charge in [-0.1, -0.05) is 23.2 Å². The molecule has 1 aromatic rings. The van der Waals surface area contributed by atoms with E-state index in [4.69, 9.17) is 28.3 Å². The molecule has 1 heterocycles. The Labute approximate surface area is 90.7 Å². The van der Waals surface area contributed by atoms with E-state index in [1.54, 1.807) is 6.07 Å². The largest absolute Gasteiger partial charge is 0.481 e. The van der Waals surface area contributed by atoms with Crippen LogP contribution in [0.2, 0.25) is 10.3 Å². The van der Waals surface area contributed by atoms with Gasteiger partial charge in [-0.3, -0.25) is 4.79 Å². The highest BCUT2D eigenvalue weighted by Crippen LogP contribution is 2.37. The molecule has 0 aliphatic heterocycles. The zero-order valence-electron chi connectivity index (χ0n) is 7.13. The Morgan fingerprint density at radius 1 is 1.57 bits per heavy atom. The van der Waals surface area contributed by atoms with Crippen LogP contribution in [-0.4, -0.2) is 16.1 Å². The van der Waals surface area contributed by atoms with Gasteiger partial charge in [0.05, 0.1) is 5.92 Å². The first kappa shape index (κ1) is 9.74. The van der Waals surface area contributed by atoms with E-state index < -0.39 is 11.9 Å². The summed E-state index contributed by atoms with van der Waals surface area (Å²) in [7, 11) is 0. The second-order valence-corrected chi connectivity index (χ2v) is 3.98. The topological polar surface area (TPSA) is 50.2 Å². The Kier molecular flexibility index (Phi) is 2.37. The minimum Gasteiger partial charge on any atom is -0.481 e. The van der Waals surface area contributed by atoms with Crippen LogP contribution in [0.15, 0.2) is 6.07 Å². The van der Waals surface area contributed by atoms with Gasteiger partial charge in [0.15, 0.2) is 0 Å². The summed E-state index contributed by atoms with van der Waals surface area (Å²) in [5.41, 5.74) is 1.53. The van der Waals surface area contributed by atoms with Crippen molar-refractivity contribution in [1.29, 1.82) is 0 Å². The molecule has 1 aromatic heterocycles. The third-order valence-corrected chi connectivity index (χ3v) is 2.94. The molecule has 0 amide bonds. The van der Waals surface area contributed by atoms with Gasteiger partial charge in [0.2, 0.25) is 0 Å². The standard InChI is InChI=1S/C9H7Cl2NO2/c10-7-3-6-4(8(11)12-7)1-2-5(6)9(13)14/h3,5H,1-2H2,(H,13,14). The molecule has 1 aliphatic rings. The molecule has 14 heavy (non-hydrogen) atoms. The Balaban J connectivity index is 2.54. The fourth-order valence-corrected chi connectivity index (χ4v) is 2.33. The first-order chi connectivity index (χ1) is 6.59. The van der Waals surface area contributed by atoms with Gasteiger partial charge in [-0.05, 0) is 30.0 Å². The number of pyridine rings is 1. The molecular formula is C9H7Cl2NO2. The van der Waals surface area contributed by atoms with Crippen molar-refractivity contribution in [1.82, 2.24) is 4.98 Å². The zero-order chi connectivity index (χ0) is 10.3. The molecule has 0 bridgehead atoms. The molecule has 1 unspecified atom stereocenters. The number of aromatic nitrogens is 1. The number of nitrogens with zero attached hydrogens (tertiary/aromatic N) is 1. The highest BCUT2D eigenvalue weighted by molar-refractivity contribution is 6.33. The number of aliphatic carboxylic acids is 1.